The third kappa shape index (κ3) is 7.87. The van der Waals surface area contributed by atoms with Crippen LogP contribution >= 0.6 is 11.6 Å². The molecule has 1 saturated heterocycles. The van der Waals surface area contributed by atoms with Gasteiger partial charge in [0.05, 0.1) is 12.1 Å². The van der Waals surface area contributed by atoms with Crippen LogP contribution in [0.4, 0.5) is 13.2 Å². The number of aromatic nitrogens is 1. The number of hydroxylamine groups is 2. The second-order valence-electron chi connectivity index (χ2n) is 7.63. The van der Waals surface area contributed by atoms with Crippen LogP contribution in [0.25, 0.3) is 11.1 Å². The maximum atomic E-state index is 11.2. The van der Waals surface area contributed by atoms with Gasteiger partial charge in [-0.05, 0) is 48.2 Å². The normalized spacial score (nSPS) is 15.2. The Morgan fingerprint density at radius 3 is 2.41 bits per heavy atom. The molecule has 0 radical (unpaired) electrons. The van der Waals surface area contributed by atoms with Crippen LogP contribution in [0.15, 0.2) is 51.7 Å². The van der Waals surface area contributed by atoms with Crippen LogP contribution in [0.3, 0.4) is 0 Å². The summed E-state index contributed by atoms with van der Waals surface area (Å²) >= 11 is 5.90. The van der Waals surface area contributed by atoms with Crippen molar-refractivity contribution in [2.24, 2.45) is 0 Å². The predicted molar refractivity (Wildman–Crippen MR) is 118 cm³/mol. The van der Waals surface area contributed by atoms with Crippen molar-refractivity contribution in [3.05, 3.63) is 69.2 Å². The molecule has 0 saturated carbocycles. The van der Waals surface area contributed by atoms with E-state index in [2.05, 4.69) is 10.3 Å². The highest BCUT2D eigenvalue weighted by molar-refractivity contribution is 6.30. The Morgan fingerprint density at radius 2 is 1.79 bits per heavy atom. The number of hydrogen-bond acceptors (Lipinski definition) is 6. The first-order valence-corrected chi connectivity index (χ1v) is 10.8. The quantitative estimate of drug-likeness (QED) is 0.467. The third-order valence-corrected chi connectivity index (χ3v) is 5.35. The smallest absolute Gasteiger partial charge is 0.475 e. The van der Waals surface area contributed by atoms with E-state index in [4.69, 9.17) is 30.8 Å². The second kappa shape index (κ2) is 11.5. The van der Waals surface area contributed by atoms with E-state index >= 15 is 0 Å². The Morgan fingerprint density at radius 1 is 1.18 bits per heavy atom. The van der Waals surface area contributed by atoms with Crippen molar-refractivity contribution in [1.29, 1.82) is 0 Å². The minimum Gasteiger partial charge on any atom is -0.475 e. The molecule has 0 aliphatic carbocycles. The Balaban J connectivity index is 0.000000406. The third-order valence-electron chi connectivity index (χ3n) is 5.10. The number of halogens is 4. The van der Waals surface area contributed by atoms with Crippen LogP contribution in [0.5, 0.6) is 0 Å². The highest BCUT2D eigenvalue weighted by Crippen LogP contribution is 2.16. The number of carboxylic acid groups (broad SMARTS) is 1. The number of carboxylic acids is 1. The molecule has 0 bridgehead atoms. The van der Waals surface area contributed by atoms with Crippen molar-refractivity contribution in [2.45, 2.75) is 38.2 Å². The second-order valence-corrected chi connectivity index (χ2v) is 8.07. The van der Waals surface area contributed by atoms with Crippen LogP contribution < -0.4 is 11.1 Å². The van der Waals surface area contributed by atoms with Crippen LogP contribution in [0.2, 0.25) is 5.02 Å². The molecule has 1 aliphatic heterocycles. The minimum atomic E-state index is -5.08. The maximum absolute atomic E-state index is 11.2. The van der Waals surface area contributed by atoms with Crippen molar-refractivity contribution >= 4 is 28.7 Å². The van der Waals surface area contributed by atoms with E-state index in [-0.39, 0.29) is 0 Å². The first kappa shape index (κ1) is 25.8. The summed E-state index contributed by atoms with van der Waals surface area (Å²) < 4.78 is 36.8. The highest BCUT2D eigenvalue weighted by Gasteiger charge is 2.38. The average Bonchev–Trinajstić information content (AvgIpc) is 3.17. The number of nitrogens with one attached hydrogen (secondary N) is 2. The molecule has 12 heteroatoms. The van der Waals surface area contributed by atoms with Gasteiger partial charge in [0.15, 0.2) is 5.58 Å². The lowest BCUT2D eigenvalue weighted by Gasteiger charge is -2.31. The van der Waals surface area contributed by atoms with Gasteiger partial charge in [-0.3, -0.25) is 9.82 Å². The predicted octanol–water partition coefficient (Wildman–Crippen LogP) is 4.09. The van der Waals surface area contributed by atoms with Gasteiger partial charge in [-0.15, -0.1) is 0 Å². The van der Waals surface area contributed by atoms with Crippen molar-refractivity contribution in [3.63, 3.8) is 0 Å². The molecule has 184 valence electrons. The lowest BCUT2D eigenvalue weighted by molar-refractivity contribution is -0.192. The standard InChI is InChI=1S/C20H22ClN3O3.C2HF3O2/c21-16-4-1-14(2-5-16)13-26-24-9-7-17(8-10-24)22-12-15-3-6-19-18(11-15)23-20(25)27-19;3-2(4,5)1(6)7/h1-6,11,17,22H,7-10,12-13H2,(H,23,25);(H,6,7). The first-order chi connectivity index (χ1) is 16.1. The topological polar surface area (TPSA) is 108 Å². The number of H-pyrrole nitrogens is 1. The zero-order valence-electron chi connectivity index (χ0n) is 17.9. The molecular weight excluding hydrogens is 479 g/mol. The lowest BCUT2D eigenvalue weighted by atomic mass is 10.1. The van der Waals surface area contributed by atoms with Crippen LogP contribution in [-0.2, 0) is 22.8 Å². The lowest BCUT2D eigenvalue weighted by Crippen LogP contribution is -2.42. The van der Waals surface area contributed by atoms with Gasteiger partial charge in [0, 0.05) is 30.7 Å². The highest BCUT2D eigenvalue weighted by atomic mass is 35.5. The Labute approximate surface area is 197 Å². The molecule has 4 rings (SSSR count). The molecule has 0 spiro atoms. The van der Waals surface area contributed by atoms with Crippen molar-refractivity contribution in [2.75, 3.05) is 13.1 Å². The molecule has 0 atom stereocenters. The van der Waals surface area contributed by atoms with Gasteiger partial charge in [-0.25, -0.2) is 9.59 Å². The van der Waals surface area contributed by atoms with E-state index in [1.165, 1.54) is 0 Å². The van der Waals surface area contributed by atoms with E-state index in [1.807, 2.05) is 47.5 Å². The summed E-state index contributed by atoms with van der Waals surface area (Å²) in [5.74, 6) is -3.17. The molecule has 3 aromatic rings. The summed E-state index contributed by atoms with van der Waals surface area (Å²) in [5.41, 5.74) is 3.58. The number of alkyl halides is 3. The number of nitrogens with zero attached hydrogens (tertiary/aromatic N) is 1. The Kier molecular flexibility index (Phi) is 8.72. The number of aromatic amines is 1. The molecule has 1 aromatic heterocycles. The van der Waals surface area contributed by atoms with Gasteiger partial charge in [0.1, 0.15) is 0 Å². The molecule has 0 unspecified atom stereocenters. The van der Waals surface area contributed by atoms with Gasteiger partial charge in [-0.2, -0.15) is 18.2 Å². The molecule has 2 heterocycles. The fourth-order valence-electron chi connectivity index (χ4n) is 3.31. The molecule has 8 nitrogen and oxygen atoms in total. The van der Waals surface area contributed by atoms with E-state index in [1.54, 1.807) is 0 Å². The average molecular weight is 502 g/mol. The van der Waals surface area contributed by atoms with E-state index in [0.717, 1.165) is 54.1 Å². The van der Waals surface area contributed by atoms with Crippen LogP contribution in [-0.4, -0.2) is 46.4 Å². The molecule has 2 aromatic carbocycles. The summed E-state index contributed by atoms with van der Waals surface area (Å²) in [5, 5.41) is 13.5. The number of fused-ring (bicyclic) bond motifs is 1. The molecular formula is C22H23ClF3N3O5. The van der Waals surface area contributed by atoms with Gasteiger partial charge in [0.25, 0.3) is 0 Å². The number of oxazole rings is 1. The van der Waals surface area contributed by atoms with Gasteiger partial charge >= 0.3 is 17.9 Å². The number of piperidine rings is 1. The van der Waals surface area contributed by atoms with E-state index < -0.39 is 17.9 Å². The van der Waals surface area contributed by atoms with Crippen LogP contribution in [0, 0.1) is 0 Å². The zero-order valence-corrected chi connectivity index (χ0v) is 18.7. The number of aliphatic carboxylic acids is 1. The van der Waals surface area contributed by atoms with Crippen molar-refractivity contribution in [3.8, 4) is 0 Å². The van der Waals surface area contributed by atoms with E-state index in [9.17, 15) is 18.0 Å². The van der Waals surface area contributed by atoms with Gasteiger partial charge in [-0.1, -0.05) is 29.8 Å². The summed E-state index contributed by atoms with van der Waals surface area (Å²) in [6.45, 7) is 3.14. The van der Waals surface area contributed by atoms with Crippen molar-refractivity contribution < 1.29 is 32.3 Å². The largest absolute Gasteiger partial charge is 0.490 e. The number of hydrogen-bond donors (Lipinski definition) is 3. The van der Waals surface area contributed by atoms with E-state index in [0.29, 0.717) is 18.2 Å². The molecule has 3 N–H and O–H groups in total. The monoisotopic (exact) mass is 501 g/mol. The molecule has 0 amide bonds. The van der Waals surface area contributed by atoms with Crippen LogP contribution in [0.1, 0.15) is 24.0 Å². The van der Waals surface area contributed by atoms with Gasteiger partial charge in [0.2, 0.25) is 0 Å². The zero-order chi connectivity index (χ0) is 24.7. The molecule has 1 fully saturated rings. The fourth-order valence-corrected chi connectivity index (χ4v) is 3.43. The van der Waals surface area contributed by atoms with Gasteiger partial charge < -0.3 is 14.8 Å². The summed E-state index contributed by atoms with van der Waals surface area (Å²) in [6, 6.07) is 14.0. The summed E-state index contributed by atoms with van der Waals surface area (Å²) in [7, 11) is 0. The Hall–Kier alpha value is -2.86. The fraction of sp³-hybridized carbons (Fsp3) is 0.364. The SMILES string of the molecule is O=C(O)C(F)(F)F.O=c1[nH]c2cc(CNC3CCN(OCc4ccc(Cl)cc4)CC3)ccc2o1. The number of benzene rings is 2. The maximum Gasteiger partial charge on any atom is 0.490 e. The molecule has 1 aliphatic rings. The minimum absolute atomic E-state index is 0.416. The summed E-state index contributed by atoms with van der Waals surface area (Å²) in [6.07, 6.45) is -3.02. The number of rotatable bonds is 6. The summed E-state index contributed by atoms with van der Waals surface area (Å²) in [4.78, 5) is 28.7. The van der Waals surface area contributed by atoms with Crippen molar-refractivity contribution in [1.82, 2.24) is 15.4 Å². The number of carbonyl (C=O) groups is 1. The Bertz CT molecular complexity index is 1140. The first-order valence-electron chi connectivity index (χ1n) is 10.4. The molecule has 34 heavy (non-hydrogen) atoms.